The Hall–Kier alpha value is -0.760. The Morgan fingerprint density at radius 2 is 1.89 bits per heavy atom. The highest BCUT2D eigenvalue weighted by molar-refractivity contribution is 7.89. The molecule has 1 aliphatic heterocycles. The van der Waals surface area contributed by atoms with Crippen LogP contribution in [-0.4, -0.2) is 27.5 Å². The van der Waals surface area contributed by atoms with Crippen molar-refractivity contribution in [1.29, 1.82) is 0 Å². The predicted octanol–water partition coefficient (Wildman–Crippen LogP) is 1.42. The van der Waals surface area contributed by atoms with Crippen LogP contribution in [0.3, 0.4) is 0 Å². The van der Waals surface area contributed by atoms with Crippen LogP contribution in [0.2, 0.25) is 0 Å². The molecule has 19 heavy (non-hydrogen) atoms. The van der Waals surface area contributed by atoms with Crippen molar-refractivity contribution in [2.24, 2.45) is 0 Å². The minimum Gasteiger partial charge on any atom is -0.315 e. The van der Waals surface area contributed by atoms with Gasteiger partial charge in [-0.3, -0.25) is 0 Å². The highest BCUT2D eigenvalue weighted by Gasteiger charge is 2.27. The van der Waals surface area contributed by atoms with Gasteiger partial charge in [0.1, 0.15) is 11.6 Å². The van der Waals surface area contributed by atoms with Gasteiger partial charge in [-0.25, -0.2) is 21.9 Å². The van der Waals surface area contributed by atoms with Gasteiger partial charge in [-0.2, -0.15) is 0 Å². The predicted molar refractivity (Wildman–Crippen MR) is 69.8 cm³/mol. The van der Waals surface area contributed by atoms with Gasteiger partial charge in [-0.1, -0.05) is 6.07 Å². The minimum atomic E-state index is -4.16. The third-order valence-corrected chi connectivity index (χ3v) is 4.38. The van der Waals surface area contributed by atoms with Crippen LogP contribution in [0.15, 0.2) is 23.1 Å². The Morgan fingerprint density at radius 3 is 2.42 bits per heavy atom. The lowest BCUT2D eigenvalue weighted by atomic mass is 10.1. The lowest BCUT2D eigenvalue weighted by Crippen LogP contribution is -2.45. The first kappa shape index (κ1) is 16.3. The Kier molecular flexibility index (Phi) is 5.66. The second-order valence-electron chi connectivity index (χ2n) is 4.22. The highest BCUT2D eigenvalue weighted by atomic mass is 35.5. The quantitative estimate of drug-likeness (QED) is 0.887. The van der Waals surface area contributed by atoms with Crippen molar-refractivity contribution in [2.75, 3.05) is 13.1 Å². The van der Waals surface area contributed by atoms with Gasteiger partial charge in [0.05, 0.1) is 0 Å². The normalized spacial score (nSPS) is 19.8. The van der Waals surface area contributed by atoms with E-state index in [-0.39, 0.29) is 18.4 Å². The number of nitrogens with one attached hydrogen (secondary N) is 2. The molecule has 108 valence electrons. The van der Waals surface area contributed by atoms with Crippen LogP contribution < -0.4 is 10.0 Å². The largest absolute Gasteiger partial charge is 0.315 e. The molecule has 0 unspecified atom stereocenters. The van der Waals surface area contributed by atoms with E-state index in [1.54, 1.807) is 0 Å². The topological polar surface area (TPSA) is 58.2 Å². The van der Waals surface area contributed by atoms with E-state index in [0.29, 0.717) is 13.0 Å². The molecule has 0 aliphatic carbocycles. The maximum atomic E-state index is 13.4. The lowest BCUT2D eigenvalue weighted by molar-refractivity contribution is 0.425. The maximum absolute atomic E-state index is 13.4. The van der Waals surface area contributed by atoms with Crippen LogP contribution in [0.25, 0.3) is 0 Å². The molecule has 1 aromatic rings. The van der Waals surface area contributed by atoms with Crippen molar-refractivity contribution in [3.05, 3.63) is 29.8 Å². The standard InChI is InChI=1S/C11H14F2N2O2S.ClH/c12-9-4-1-5-10(13)11(9)18(16,17)15-8-3-2-6-14-7-8;/h1,4-5,8,14-15H,2-3,6-7H2;1H/t8-;/m0./s1. The number of piperidine rings is 1. The molecule has 4 nitrogen and oxygen atoms in total. The molecule has 1 atom stereocenters. The van der Waals surface area contributed by atoms with Gasteiger partial charge in [0.25, 0.3) is 0 Å². The summed E-state index contributed by atoms with van der Waals surface area (Å²) in [7, 11) is -4.16. The summed E-state index contributed by atoms with van der Waals surface area (Å²) in [6.07, 6.45) is 1.48. The maximum Gasteiger partial charge on any atom is 0.246 e. The fourth-order valence-electron chi connectivity index (χ4n) is 1.97. The van der Waals surface area contributed by atoms with Gasteiger partial charge >= 0.3 is 0 Å². The summed E-state index contributed by atoms with van der Waals surface area (Å²) < 4.78 is 53.0. The highest BCUT2D eigenvalue weighted by Crippen LogP contribution is 2.19. The Bertz CT molecular complexity index is 513. The average molecular weight is 313 g/mol. The number of sulfonamides is 1. The third kappa shape index (κ3) is 3.85. The van der Waals surface area contributed by atoms with Gasteiger partial charge in [-0.15, -0.1) is 12.4 Å². The van der Waals surface area contributed by atoms with Crippen LogP contribution in [0.4, 0.5) is 8.78 Å². The van der Waals surface area contributed by atoms with Crippen molar-refractivity contribution in [3.8, 4) is 0 Å². The fourth-order valence-corrected chi connectivity index (χ4v) is 3.38. The molecule has 2 N–H and O–H groups in total. The number of rotatable bonds is 3. The van der Waals surface area contributed by atoms with E-state index in [0.717, 1.165) is 31.2 Å². The van der Waals surface area contributed by atoms with Crippen LogP contribution >= 0.6 is 12.4 Å². The van der Waals surface area contributed by atoms with E-state index in [2.05, 4.69) is 10.0 Å². The Balaban J connectivity index is 0.00000180. The summed E-state index contributed by atoms with van der Waals surface area (Å²) >= 11 is 0. The minimum absolute atomic E-state index is 0. The number of hydrogen-bond donors (Lipinski definition) is 2. The van der Waals surface area contributed by atoms with E-state index >= 15 is 0 Å². The molecule has 0 saturated carbocycles. The van der Waals surface area contributed by atoms with Gasteiger partial charge in [0, 0.05) is 12.6 Å². The first-order valence-corrected chi connectivity index (χ1v) is 7.16. The summed E-state index contributed by atoms with van der Waals surface area (Å²) in [5.41, 5.74) is 0. The van der Waals surface area contributed by atoms with E-state index in [9.17, 15) is 17.2 Å². The summed E-state index contributed by atoms with van der Waals surface area (Å²) in [5.74, 6) is -2.16. The van der Waals surface area contributed by atoms with E-state index in [4.69, 9.17) is 0 Å². The van der Waals surface area contributed by atoms with E-state index in [1.165, 1.54) is 0 Å². The third-order valence-electron chi connectivity index (χ3n) is 2.81. The molecular weight excluding hydrogens is 298 g/mol. The van der Waals surface area contributed by atoms with Gasteiger partial charge in [-0.05, 0) is 31.5 Å². The van der Waals surface area contributed by atoms with Crippen LogP contribution in [0, 0.1) is 11.6 Å². The zero-order valence-corrected chi connectivity index (χ0v) is 11.7. The fraction of sp³-hybridized carbons (Fsp3) is 0.455. The van der Waals surface area contributed by atoms with Crippen molar-refractivity contribution < 1.29 is 17.2 Å². The van der Waals surface area contributed by atoms with E-state index < -0.39 is 26.6 Å². The molecule has 8 heteroatoms. The zero-order valence-electron chi connectivity index (χ0n) is 10.0. The Labute approximate surface area is 117 Å². The van der Waals surface area contributed by atoms with Crippen LogP contribution in [-0.2, 0) is 10.0 Å². The van der Waals surface area contributed by atoms with Crippen molar-refractivity contribution in [3.63, 3.8) is 0 Å². The second kappa shape index (κ2) is 6.60. The van der Waals surface area contributed by atoms with Crippen molar-refractivity contribution in [1.82, 2.24) is 10.0 Å². The molecule has 1 aliphatic rings. The average Bonchev–Trinajstić information content (AvgIpc) is 2.28. The van der Waals surface area contributed by atoms with Crippen molar-refractivity contribution >= 4 is 22.4 Å². The SMILES string of the molecule is Cl.O=S(=O)(N[C@H]1CCCNC1)c1c(F)cccc1F. The molecule has 0 spiro atoms. The molecule has 0 aromatic heterocycles. The molecular formula is C11H15ClF2N2O2S. The monoisotopic (exact) mass is 312 g/mol. The van der Waals surface area contributed by atoms with Crippen LogP contribution in [0.1, 0.15) is 12.8 Å². The van der Waals surface area contributed by atoms with Gasteiger partial charge < -0.3 is 5.32 Å². The van der Waals surface area contributed by atoms with Gasteiger partial charge in [0.15, 0.2) is 4.90 Å². The number of benzene rings is 1. The molecule has 0 bridgehead atoms. The smallest absolute Gasteiger partial charge is 0.246 e. The summed E-state index contributed by atoms with van der Waals surface area (Å²) in [6.45, 7) is 1.29. The zero-order chi connectivity index (χ0) is 13.2. The first-order chi connectivity index (χ1) is 8.50. The number of halogens is 3. The first-order valence-electron chi connectivity index (χ1n) is 5.68. The number of hydrogen-bond acceptors (Lipinski definition) is 3. The molecule has 2 rings (SSSR count). The van der Waals surface area contributed by atoms with Crippen molar-refractivity contribution in [2.45, 2.75) is 23.8 Å². The molecule has 1 fully saturated rings. The summed E-state index contributed by atoms with van der Waals surface area (Å²) in [4.78, 5) is -0.907. The molecule has 0 radical (unpaired) electrons. The van der Waals surface area contributed by atoms with Crippen LogP contribution in [0.5, 0.6) is 0 Å². The summed E-state index contributed by atoms with van der Waals surface area (Å²) in [6, 6.07) is 2.65. The van der Waals surface area contributed by atoms with E-state index in [1.807, 2.05) is 0 Å². The van der Waals surface area contributed by atoms with Gasteiger partial charge in [0.2, 0.25) is 10.0 Å². The molecule has 0 amide bonds. The molecule has 1 aromatic carbocycles. The molecule has 1 heterocycles. The summed E-state index contributed by atoms with van der Waals surface area (Å²) in [5, 5.41) is 3.02. The Morgan fingerprint density at radius 1 is 1.26 bits per heavy atom. The molecule has 1 saturated heterocycles. The lowest BCUT2D eigenvalue weighted by Gasteiger charge is -2.23. The second-order valence-corrected chi connectivity index (χ2v) is 5.87.